The van der Waals surface area contributed by atoms with Crippen molar-refractivity contribution in [1.29, 1.82) is 0 Å². The predicted molar refractivity (Wildman–Crippen MR) is 106 cm³/mol. The van der Waals surface area contributed by atoms with Crippen LogP contribution in [0, 0.1) is 10.1 Å². The van der Waals surface area contributed by atoms with Gasteiger partial charge in [0.1, 0.15) is 5.75 Å². The highest BCUT2D eigenvalue weighted by Crippen LogP contribution is 2.22. The Hall–Kier alpha value is -3.39. The number of nitrogens with one attached hydrogen (secondary N) is 1. The van der Waals surface area contributed by atoms with Gasteiger partial charge < -0.3 is 4.74 Å². The number of sulfonamides is 1. The molecule has 0 saturated heterocycles. The van der Waals surface area contributed by atoms with E-state index in [1.54, 1.807) is 48.5 Å². The van der Waals surface area contributed by atoms with Gasteiger partial charge in [0.2, 0.25) is 0 Å². The normalized spacial score (nSPS) is 11.0. The first kappa shape index (κ1) is 19.4. The number of nitro benzene ring substituents is 1. The minimum atomic E-state index is -3.77. The van der Waals surface area contributed by atoms with Crippen LogP contribution >= 0.6 is 0 Å². The molecular formula is C20H18N2O5S. The van der Waals surface area contributed by atoms with E-state index in [0.29, 0.717) is 17.9 Å². The summed E-state index contributed by atoms with van der Waals surface area (Å²) in [5.74, 6) is 0.548. The summed E-state index contributed by atoms with van der Waals surface area (Å²) in [6.07, 6.45) is 0.459. The van der Waals surface area contributed by atoms with E-state index < -0.39 is 14.9 Å². The van der Waals surface area contributed by atoms with Crippen LogP contribution in [0.4, 0.5) is 11.4 Å². The Kier molecular flexibility index (Phi) is 5.60. The average Bonchev–Trinajstić information content (AvgIpc) is 2.68. The Morgan fingerprint density at radius 1 is 0.964 bits per heavy atom. The summed E-state index contributed by atoms with van der Waals surface area (Å²) in [5, 5.41) is 10.7. The summed E-state index contributed by atoms with van der Waals surface area (Å²) in [6.45, 7) is 0. The van der Waals surface area contributed by atoms with Crippen molar-refractivity contribution < 1.29 is 18.1 Å². The fourth-order valence-corrected chi connectivity index (χ4v) is 3.81. The second-order valence-electron chi connectivity index (χ2n) is 6.09. The number of hydrogen-bond acceptors (Lipinski definition) is 5. The van der Waals surface area contributed by atoms with E-state index in [1.807, 2.05) is 6.07 Å². The Balaban J connectivity index is 1.80. The molecule has 1 N–H and O–H groups in total. The maximum Gasteiger partial charge on any atom is 0.269 e. The van der Waals surface area contributed by atoms with E-state index in [4.69, 9.17) is 4.74 Å². The van der Waals surface area contributed by atoms with Gasteiger partial charge in [0.25, 0.3) is 15.7 Å². The number of methoxy groups -OCH3 is 1. The van der Waals surface area contributed by atoms with Crippen molar-refractivity contribution >= 4 is 21.4 Å². The topological polar surface area (TPSA) is 98.5 Å². The molecule has 0 amide bonds. The molecule has 0 bridgehead atoms. The predicted octanol–water partition coefficient (Wildman–Crippen LogP) is 4.00. The van der Waals surface area contributed by atoms with Crippen LogP contribution in [0.3, 0.4) is 0 Å². The number of hydrogen-bond donors (Lipinski definition) is 1. The van der Waals surface area contributed by atoms with Crippen LogP contribution in [0.25, 0.3) is 0 Å². The smallest absolute Gasteiger partial charge is 0.269 e. The number of rotatable bonds is 7. The molecule has 0 saturated carbocycles. The van der Waals surface area contributed by atoms with Crippen molar-refractivity contribution in [2.24, 2.45) is 0 Å². The lowest BCUT2D eigenvalue weighted by atomic mass is 10.0. The standard InChI is InChI=1S/C20H18N2O5S/c1-27-19-6-3-5-17(14-19)21-28(25,26)20-7-2-4-16(13-20)12-15-8-10-18(11-9-15)22(23)24/h2-11,13-14,21H,12H2,1H3. The Labute approximate surface area is 162 Å². The molecular weight excluding hydrogens is 380 g/mol. The Bertz CT molecular complexity index is 1100. The zero-order chi connectivity index (χ0) is 20.1. The molecule has 0 heterocycles. The quantitative estimate of drug-likeness (QED) is 0.479. The van der Waals surface area contributed by atoms with Gasteiger partial charge in [-0.15, -0.1) is 0 Å². The van der Waals surface area contributed by atoms with Crippen molar-refractivity contribution in [3.8, 4) is 5.75 Å². The van der Waals surface area contributed by atoms with Crippen LogP contribution in [-0.4, -0.2) is 20.5 Å². The van der Waals surface area contributed by atoms with Gasteiger partial charge in [0.15, 0.2) is 0 Å². The van der Waals surface area contributed by atoms with E-state index in [2.05, 4.69) is 4.72 Å². The highest BCUT2D eigenvalue weighted by Gasteiger charge is 2.15. The van der Waals surface area contributed by atoms with E-state index in [-0.39, 0.29) is 10.6 Å². The fraction of sp³-hybridized carbons (Fsp3) is 0.100. The van der Waals surface area contributed by atoms with Crippen molar-refractivity contribution in [2.75, 3.05) is 11.8 Å². The third-order valence-electron chi connectivity index (χ3n) is 4.09. The highest BCUT2D eigenvalue weighted by molar-refractivity contribution is 7.92. The Morgan fingerprint density at radius 3 is 2.36 bits per heavy atom. The molecule has 0 radical (unpaired) electrons. The molecule has 3 aromatic rings. The number of anilines is 1. The SMILES string of the molecule is COc1cccc(NS(=O)(=O)c2cccc(Cc3ccc([N+](=O)[O-])cc3)c2)c1. The number of nitro groups is 1. The van der Waals surface area contributed by atoms with Crippen molar-refractivity contribution in [1.82, 2.24) is 0 Å². The minimum Gasteiger partial charge on any atom is -0.497 e. The van der Waals surface area contributed by atoms with Gasteiger partial charge in [-0.2, -0.15) is 0 Å². The molecule has 0 aliphatic carbocycles. The first-order chi connectivity index (χ1) is 13.4. The molecule has 0 aromatic heterocycles. The molecule has 3 rings (SSSR count). The molecule has 0 spiro atoms. The maximum atomic E-state index is 12.7. The summed E-state index contributed by atoms with van der Waals surface area (Å²) < 4.78 is 33.0. The number of benzene rings is 3. The van der Waals surface area contributed by atoms with Gasteiger partial charge in [0.05, 0.1) is 22.6 Å². The molecule has 0 atom stereocenters. The highest BCUT2D eigenvalue weighted by atomic mass is 32.2. The van der Waals surface area contributed by atoms with Crippen LogP contribution < -0.4 is 9.46 Å². The number of ether oxygens (including phenoxy) is 1. The fourth-order valence-electron chi connectivity index (χ4n) is 2.69. The van der Waals surface area contributed by atoms with Gasteiger partial charge in [-0.05, 0) is 41.8 Å². The van der Waals surface area contributed by atoms with Crippen LogP contribution in [-0.2, 0) is 16.4 Å². The third-order valence-corrected chi connectivity index (χ3v) is 5.47. The Morgan fingerprint density at radius 2 is 1.68 bits per heavy atom. The van der Waals surface area contributed by atoms with Gasteiger partial charge in [-0.3, -0.25) is 14.8 Å². The van der Waals surface area contributed by atoms with E-state index in [1.165, 1.54) is 25.3 Å². The molecule has 0 unspecified atom stereocenters. The van der Waals surface area contributed by atoms with E-state index >= 15 is 0 Å². The second kappa shape index (κ2) is 8.10. The van der Waals surface area contributed by atoms with Gasteiger partial charge in [-0.25, -0.2) is 8.42 Å². The maximum absolute atomic E-state index is 12.7. The summed E-state index contributed by atoms with van der Waals surface area (Å²) >= 11 is 0. The molecule has 7 nitrogen and oxygen atoms in total. The summed E-state index contributed by atoms with van der Waals surface area (Å²) in [7, 11) is -2.26. The van der Waals surface area contributed by atoms with Crippen molar-refractivity contribution in [3.05, 3.63) is 94.0 Å². The molecule has 8 heteroatoms. The van der Waals surface area contributed by atoms with Crippen LogP contribution in [0.5, 0.6) is 5.75 Å². The van der Waals surface area contributed by atoms with Crippen LogP contribution in [0.15, 0.2) is 77.7 Å². The van der Waals surface area contributed by atoms with Crippen LogP contribution in [0.2, 0.25) is 0 Å². The average molecular weight is 398 g/mol. The van der Waals surface area contributed by atoms with E-state index in [9.17, 15) is 18.5 Å². The first-order valence-electron chi connectivity index (χ1n) is 8.36. The molecule has 0 fully saturated rings. The largest absolute Gasteiger partial charge is 0.497 e. The van der Waals surface area contributed by atoms with Gasteiger partial charge in [0, 0.05) is 18.2 Å². The van der Waals surface area contributed by atoms with Gasteiger partial charge >= 0.3 is 0 Å². The summed E-state index contributed by atoms with van der Waals surface area (Å²) in [4.78, 5) is 10.4. The molecule has 28 heavy (non-hydrogen) atoms. The van der Waals surface area contributed by atoms with E-state index in [0.717, 1.165) is 11.1 Å². The van der Waals surface area contributed by atoms with Crippen LogP contribution in [0.1, 0.15) is 11.1 Å². The summed E-state index contributed by atoms with van der Waals surface area (Å²) in [6, 6.07) is 19.4. The lowest BCUT2D eigenvalue weighted by Crippen LogP contribution is -2.13. The first-order valence-corrected chi connectivity index (χ1v) is 9.85. The molecule has 3 aromatic carbocycles. The summed E-state index contributed by atoms with van der Waals surface area (Å²) in [5.41, 5.74) is 2.05. The molecule has 0 aliphatic heterocycles. The number of nitrogens with zero attached hydrogens (tertiary/aromatic N) is 1. The zero-order valence-corrected chi connectivity index (χ0v) is 15.8. The molecule has 144 valence electrons. The van der Waals surface area contributed by atoms with Gasteiger partial charge in [-0.1, -0.05) is 30.3 Å². The number of non-ortho nitro benzene ring substituents is 1. The van der Waals surface area contributed by atoms with Crippen molar-refractivity contribution in [2.45, 2.75) is 11.3 Å². The lowest BCUT2D eigenvalue weighted by molar-refractivity contribution is -0.384. The third kappa shape index (κ3) is 4.66. The zero-order valence-electron chi connectivity index (χ0n) is 15.0. The lowest BCUT2D eigenvalue weighted by Gasteiger charge is -2.10. The minimum absolute atomic E-state index is 0.0163. The van der Waals surface area contributed by atoms with Crippen molar-refractivity contribution in [3.63, 3.8) is 0 Å². The molecule has 0 aliphatic rings. The monoisotopic (exact) mass is 398 g/mol. The second-order valence-corrected chi connectivity index (χ2v) is 7.77.